The normalized spacial score (nSPS) is 12.3. The van der Waals surface area contributed by atoms with Crippen LogP contribution in [0.2, 0.25) is 5.02 Å². The highest BCUT2D eigenvalue weighted by atomic mass is 35.5. The van der Waals surface area contributed by atoms with Gasteiger partial charge in [0, 0.05) is 12.1 Å². The van der Waals surface area contributed by atoms with Crippen LogP contribution in [0.5, 0.6) is 11.5 Å². The Balaban J connectivity index is 2.10. The molecule has 0 aliphatic heterocycles. The van der Waals surface area contributed by atoms with Gasteiger partial charge in [0.1, 0.15) is 24.1 Å². The summed E-state index contributed by atoms with van der Waals surface area (Å²) in [5, 5.41) is 3.14. The van der Waals surface area contributed by atoms with Crippen LogP contribution in [0, 0.1) is 6.92 Å². The summed E-state index contributed by atoms with van der Waals surface area (Å²) in [6.45, 7) is 8.73. The highest BCUT2D eigenvalue weighted by Gasteiger charge is 2.34. The monoisotopic (exact) mass is 629 g/mol. The number of nitrogens with zero attached hydrogens (tertiary/aromatic N) is 2. The first-order valence-corrected chi connectivity index (χ1v) is 15.7. The Morgan fingerprint density at radius 1 is 0.953 bits per heavy atom. The van der Waals surface area contributed by atoms with Crippen molar-refractivity contribution in [2.24, 2.45) is 0 Å². The standard InChI is InChI=1S/C32H40ClN3O6S/c1-8-28(31(38)34-32(3,4)5)35(20-23-11-14-25(41-6)15-12-23)30(37)21-36(24-13-18-29(42-7)27(33)19-24)43(39,40)26-16-9-22(2)10-17-26/h9-19,28H,8,20-21H2,1-7H3,(H,34,38). The number of benzene rings is 3. The van der Waals surface area contributed by atoms with Crippen molar-refractivity contribution in [3.63, 3.8) is 0 Å². The predicted octanol–water partition coefficient (Wildman–Crippen LogP) is 5.58. The lowest BCUT2D eigenvalue weighted by Gasteiger charge is -2.35. The molecule has 0 saturated heterocycles. The van der Waals surface area contributed by atoms with Gasteiger partial charge in [0.15, 0.2) is 0 Å². The molecule has 0 heterocycles. The van der Waals surface area contributed by atoms with Gasteiger partial charge >= 0.3 is 0 Å². The van der Waals surface area contributed by atoms with Crippen LogP contribution in [-0.2, 0) is 26.2 Å². The van der Waals surface area contributed by atoms with Crippen LogP contribution in [0.1, 0.15) is 45.2 Å². The quantitative estimate of drug-likeness (QED) is 0.280. The van der Waals surface area contributed by atoms with Gasteiger partial charge in [0.25, 0.3) is 10.0 Å². The number of carbonyl (C=O) groups is 2. The Kier molecular flexibility index (Phi) is 11.1. The third kappa shape index (κ3) is 8.64. The number of anilines is 1. The van der Waals surface area contributed by atoms with E-state index in [2.05, 4.69) is 5.32 Å². The number of nitrogens with one attached hydrogen (secondary N) is 1. The molecule has 1 N–H and O–H groups in total. The number of amides is 2. The summed E-state index contributed by atoms with van der Waals surface area (Å²) < 4.78 is 39.6. The van der Waals surface area contributed by atoms with E-state index in [0.717, 1.165) is 15.4 Å². The maximum atomic E-state index is 14.2. The summed E-state index contributed by atoms with van der Waals surface area (Å²) in [6.07, 6.45) is 0.308. The van der Waals surface area contributed by atoms with Gasteiger partial charge in [-0.3, -0.25) is 13.9 Å². The van der Waals surface area contributed by atoms with E-state index in [1.54, 1.807) is 49.6 Å². The Morgan fingerprint density at radius 3 is 2.09 bits per heavy atom. The second-order valence-corrected chi connectivity index (χ2v) is 13.4. The molecule has 0 bridgehead atoms. The van der Waals surface area contributed by atoms with Crippen LogP contribution in [-0.4, -0.2) is 57.5 Å². The zero-order valence-electron chi connectivity index (χ0n) is 25.7. The molecular weight excluding hydrogens is 590 g/mol. The minimum Gasteiger partial charge on any atom is -0.497 e. The average molecular weight is 630 g/mol. The molecule has 3 aromatic rings. The second kappa shape index (κ2) is 14.1. The minimum atomic E-state index is -4.23. The Morgan fingerprint density at radius 2 is 1.58 bits per heavy atom. The lowest BCUT2D eigenvalue weighted by molar-refractivity contribution is -0.141. The number of rotatable bonds is 12. The van der Waals surface area contributed by atoms with Gasteiger partial charge in [0.2, 0.25) is 11.8 Å². The van der Waals surface area contributed by atoms with Gasteiger partial charge in [-0.1, -0.05) is 48.4 Å². The molecule has 3 aromatic carbocycles. The SMILES string of the molecule is CCC(C(=O)NC(C)(C)C)N(Cc1ccc(OC)cc1)C(=O)CN(c1ccc(OC)c(Cl)c1)S(=O)(=O)c1ccc(C)cc1. The zero-order chi connectivity index (χ0) is 31.9. The van der Waals surface area contributed by atoms with E-state index in [0.29, 0.717) is 17.9 Å². The molecule has 0 aliphatic rings. The number of halogens is 1. The third-order valence-corrected chi connectivity index (χ3v) is 8.79. The summed E-state index contributed by atoms with van der Waals surface area (Å²) in [7, 11) is -1.22. The lowest BCUT2D eigenvalue weighted by Crippen LogP contribution is -2.55. The predicted molar refractivity (Wildman–Crippen MR) is 169 cm³/mol. The molecule has 0 aromatic heterocycles. The van der Waals surface area contributed by atoms with E-state index in [9.17, 15) is 18.0 Å². The van der Waals surface area contributed by atoms with Crippen molar-refractivity contribution in [1.29, 1.82) is 0 Å². The first kappa shape index (κ1) is 33.7. The first-order chi connectivity index (χ1) is 20.2. The van der Waals surface area contributed by atoms with E-state index in [-0.39, 0.29) is 28.1 Å². The zero-order valence-corrected chi connectivity index (χ0v) is 27.3. The van der Waals surface area contributed by atoms with Gasteiger partial charge in [-0.05, 0) is 82.1 Å². The van der Waals surface area contributed by atoms with Gasteiger partial charge in [-0.25, -0.2) is 8.42 Å². The molecule has 0 radical (unpaired) electrons. The third-order valence-electron chi connectivity index (χ3n) is 6.71. The molecule has 2 amide bonds. The molecule has 43 heavy (non-hydrogen) atoms. The summed E-state index contributed by atoms with van der Waals surface area (Å²) in [6, 6.07) is 17.2. The number of carbonyl (C=O) groups excluding carboxylic acids is 2. The molecule has 0 saturated carbocycles. The van der Waals surface area contributed by atoms with Crippen molar-refractivity contribution in [3.05, 3.63) is 82.9 Å². The molecule has 9 nitrogen and oxygen atoms in total. The van der Waals surface area contributed by atoms with E-state index >= 15 is 0 Å². The molecule has 3 rings (SSSR count). The van der Waals surface area contributed by atoms with Crippen molar-refractivity contribution < 1.29 is 27.5 Å². The summed E-state index contributed by atoms with van der Waals surface area (Å²) in [5.41, 5.74) is 1.27. The van der Waals surface area contributed by atoms with Crippen molar-refractivity contribution in [1.82, 2.24) is 10.2 Å². The van der Waals surface area contributed by atoms with Crippen LogP contribution in [0.4, 0.5) is 5.69 Å². The fourth-order valence-corrected chi connectivity index (χ4v) is 6.13. The fraction of sp³-hybridized carbons (Fsp3) is 0.375. The minimum absolute atomic E-state index is 0.0112. The second-order valence-electron chi connectivity index (χ2n) is 11.2. The van der Waals surface area contributed by atoms with Crippen molar-refractivity contribution in [2.45, 2.75) is 64.1 Å². The summed E-state index contributed by atoms with van der Waals surface area (Å²) in [5.74, 6) is 0.105. The Hall–Kier alpha value is -3.76. The lowest BCUT2D eigenvalue weighted by atomic mass is 10.1. The van der Waals surface area contributed by atoms with Crippen LogP contribution < -0.4 is 19.1 Å². The molecule has 0 spiro atoms. The highest BCUT2D eigenvalue weighted by Crippen LogP contribution is 2.32. The van der Waals surface area contributed by atoms with E-state index in [1.807, 2.05) is 34.6 Å². The molecule has 232 valence electrons. The molecule has 0 fully saturated rings. The van der Waals surface area contributed by atoms with Gasteiger partial charge in [-0.2, -0.15) is 0 Å². The average Bonchev–Trinajstić information content (AvgIpc) is 2.95. The van der Waals surface area contributed by atoms with E-state index in [4.69, 9.17) is 21.1 Å². The maximum Gasteiger partial charge on any atom is 0.264 e. The van der Waals surface area contributed by atoms with Crippen LogP contribution >= 0.6 is 11.6 Å². The molecule has 1 unspecified atom stereocenters. The molecular formula is C32H40ClN3O6S. The number of ether oxygens (including phenoxy) is 2. The van der Waals surface area contributed by atoms with E-state index < -0.39 is 34.1 Å². The number of sulfonamides is 1. The number of hydrogen-bond donors (Lipinski definition) is 1. The van der Waals surface area contributed by atoms with Gasteiger partial charge in [0.05, 0.1) is 29.8 Å². The van der Waals surface area contributed by atoms with E-state index in [1.165, 1.54) is 36.3 Å². The molecule has 11 heteroatoms. The number of hydrogen-bond acceptors (Lipinski definition) is 6. The Bertz CT molecular complexity index is 1520. The first-order valence-electron chi connectivity index (χ1n) is 13.9. The van der Waals surface area contributed by atoms with Gasteiger partial charge < -0.3 is 19.7 Å². The van der Waals surface area contributed by atoms with Gasteiger partial charge in [-0.15, -0.1) is 0 Å². The highest BCUT2D eigenvalue weighted by molar-refractivity contribution is 7.92. The Labute approximate surface area is 259 Å². The van der Waals surface area contributed by atoms with Crippen molar-refractivity contribution in [3.8, 4) is 11.5 Å². The van der Waals surface area contributed by atoms with Crippen LogP contribution in [0.15, 0.2) is 71.6 Å². The largest absolute Gasteiger partial charge is 0.497 e. The number of aryl methyl sites for hydroxylation is 1. The summed E-state index contributed by atoms with van der Waals surface area (Å²) in [4.78, 5) is 29.1. The van der Waals surface area contributed by atoms with Crippen molar-refractivity contribution >= 4 is 39.1 Å². The maximum absolute atomic E-state index is 14.2. The molecule has 1 atom stereocenters. The van der Waals surface area contributed by atoms with Crippen LogP contribution in [0.25, 0.3) is 0 Å². The van der Waals surface area contributed by atoms with Crippen molar-refractivity contribution in [2.75, 3.05) is 25.1 Å². The van der Waals surface area contributed by atoms with Crippen LogP contribution in [0.3, 0.4) is 0 Å². The smallest absolute Gasteiger partial charge is 0.264 e. The summed E-state index contributed by atoms with van der Waals surface area (Å²) >= 11 is 6.39. The topological polar surface area (TPSA) is 105 Å². The number of methoxy groups -OCH3 is 2. The molecule has 0 aliphatic carbocycles. The fourth-order valence-electron chi connectivity index (χ4n) is 4.48.